The van der Waals surface area contributed by atoms with Crippen molar-refractivity contribution < 1.29 is 9.47 Å². The molecular formula is C20H21BrN2O2S. The Kier molecular flexibility index (Phi) is 6.29. The molecule has 3 rings (SSSR count). The van der Waals surface area contributed by atoms with Crippen molar-refractivity contribution in [3.05, 3.63) is 63.6 Å². The van der Waals surface area contributed by atoms with Gasteiger partial charge < -0.3 is 14.8 Å². The standard InChI is InChI=1S/C20H21BrN2O2S/c1-13(18-10-17(24-2)8-9-19(18)25-3)22-11-16-12-26-20(23-16)14-4-6-15(21)7-5-14/h4-10,12-13,22H,11H2,1-3H3. The summed E-state index contributed by atoms with van der Waals surface area (Å²) in [5.74, 6) is 1.67. The van der Waals surface area contributed by atoms with Crippen LogP contribution in [0.15, 0.2) is 52.3 Å². The summed E-state index contributed by atoms with van der Waals surface area (Å²) in [7, 11) is 3.35. The normalized spacial score (nSPS) is 12.0. The molecule has 1 aromatic heterocycles. The molecule has 6 heteroatoms. The molecule has 1 atom stereocenters. The van der Waals surface area contributed by atoms with Gasteiger partial charge in [0.2, 0.25) is 0 Å². The van der Waals surface area contributed by atoms with Crippen molar-refractivity contribution in [1.82, 2.24) is 10.3 Å². The fourth-order valence-corrected chi connectivity index (χ4v) is 3.75. The van der Waals surface area contributed by atoms with E-state index in [0.717, 1.165) is 37.8 Å². The number of thiazole rings is 1. The van der Waals surface area contributed by atoms with Gasteiger partial charge in [-0.3, -0.25) is 0 Å². The highest BCUT2D eigenvalue weighted by Crippen LogP contribution is 2.30. The number of ether oxygens (including phenoxy) is 2. The van der Waals surface area contributed by atoms with Crippen molar-refractivity contribution in [1.29, 1.82) is 0 Å². The van der Waals surface area contributed by atoms with Gasteiger partial charge in [-0.1, -0.05) is 28.1 Å². The highest BCUT2D eigenvalue weighted by molar-refractivity contribution is 9.10. The first-order valence-electron chi connectivity index (χ1n) is 8.26. The molecule has 4 nitrogen and oxygen atoms in total. The van der Waals surface area contributed by atoms with E-state index in [1.54, 1.807) is 25.6 Å². The van der Waals surface area contributed by atoms with Gasteiger partial charge in [-0.25, -0.2) is 4.98 Å². The lowest BCUT2D eigenvalue weighted by molar-refractivity contribution is 0.391. The summed E-state index contributed by atoms with van der Waals surface area (Å²) in [6, 6.07) is 14.2. The molecule has 1 unspecified atom stereocenters. The Morgan fingerprint density at radius 2 is 1.88 bits per heavy atom. The van der Waals surface area contributed by atoms with Crippen molar-refractivity contribution in [2.24, 2.45) is 0 Å². The molecule has 1 N–H and O–H groups in total. The summed E-state index contributed by atoms with van der Waals surface area (Å²) in [5.41, 5.74) is 3.23. The second kappa shape index (κ2) is 8.66. The van der Waals surface area contributed by atoms with Gasteiger partial charge in [0, 0.05) is 33.6 Å². The number of halogens is 1. The molecule has 0 saturated heterocycles. The smallest absolute Gasteiger partial charge is 0.123 e. The number of hydrogen-bond donors (Lipinski definition) is 1. The molecule has 0 bridgehead atoms. The molecule has 0 spiro atoms. The Morgan fingerprint density at radius 1 is 1.12 bits per heavy atom. The molecule has 0 fully saturated rings. The van der Waals surface area contributed by atoms with Crippen molar-refractivity contribution in [3.8, 4) is 22.1 Å². The van der Waals surface area contributed by atoms with E-state index in [2.05, 4.69) is 45.7 Å². The lowest BCUT2D eigenvalue weighted by Crippen LogP contribution is -2.19. The van der Waals surface area contributed by atoms with Crippen LogP contribution in [-0.2, 0) is 6.54 Å². The van der Waals surface area contributed by atoms with Crippen LogP contribution >= 0.6 is 27.3 Å². The molecule has 0 aliphatic carbocycles. The molecule has 2 aromatic carbocycles. The SMILES string of the molecule is COc1ccc(OC)c(C(C)NCc2csc(-c3ccc(Br)cc3)n2)c1. The summed E-state index contributed by atoms with van der Waals surface area (Å²) in [4.78, 5) is 4.74. The molecular weight excluding hydrogens is 412 g/mol. The van der Waals surface area contributed by atoms with E-state index in [9.17, 15) is 0 Å². The van der Waals surface area contributed by atoms with E-state index in [1.165, 1.54) is 0 Å². The van der Waals surface area contributed by atoms with Crippen LogP contribution < -0.4 is 14.8 Å². The zero-order valence-corrected chi connectivity index (χ0v) is 17.4. The lowest BCUT2D eigenvalue weighted by atomic mass is 10.1. The lowest BCUT2D eigenvalue weighted by Gasteiger charge is -2.17. The Hall–Kier alpha value is -1.89. The first-order valence-corrected chi connectivity index (χ1v) is 9.93. The summed E-state index contributed by atoms with van der Waals surface area (Å²) < 4.78 is 11.9. The van der Waals surface area contributed by atoms with Crippen LogP contribution in [0.3, 0.4) is 0 Å². The largest absolute Gasteiger partial charge is 0.497 e. The van der Waals surface area contributed by atoms with Crippen LogP contribution in [0.1, 0.15) is 24.2 Å². The molecule has 0 aliphatic rings. The molecule has 26 heavy (non-hydrogen) atoms. The van der Waals surface area contributed by atoms with Gasteiger partial charge in [-0.15, -0.1) is 11.3 Å². The molecule has 0 amide bonds. The monoisotopic (exact) mass is 432 g/mol. The zero-order chi connectivity index (χ0) is 18.5. The van der Waals surface area contributed by atoms with E-state index >= 15 is 0 Å². The summed E-state index contributed by atoms with van der Waals surface area (Å²) in [6.45, 7) is 2.80. The van der Waals surface area contributed by atoms with Gasteiger partial charge in [-0.2, -0.15) is 0 Å². The van der Waals surface area contributed by atoms with Crippen LogP contribution in [0, 0.1) is 0 Å². The highest BCUT2D eigenvalue weighted by Gasteiger charge is 2.13. The van der Waals surface area contributed by atoms with Crippen LogP contribution in [0.2, 0.25) is 0 Å². The van der Waals surface area contributed by atoms with Gasteiger partial charge in [0.05, 0.1) is 19.9 Å². The van der Waals surface area contributed by atoms with Crippen molar-refractivity contribution in [3.63, 3.8) is 0 Å². The molecule has 0 saturated carbocycles. The minimum Gasteiger partial charge on any atom is -0.497 e. The number of methoxy groups -OCH3 is 2. The maximum Gasteiger partial charge on any atom is 0.123 e. The molecule has 136 valence electrons. The van der Waals surface area contributed by atoms with Gasteiger partial charge >= 0.3 is 0 Å². The average Bonchev–Trinajstić information content (AvgIpc) is 3.15. The highest BCUT2D eigenvalue weighted by atomic mass is 79.9. The third-order valence-electron chi connectivity index (χ3n) is 4.14. The molecule has 0 aliphatic heterocycles. The number of rotatable bonds is 7. The second-order valence-corrected chi connectivity index (χ2v) is 7.64. The number of nitrogens with zero attached hydrogens (tertiary/aromatic N) is 1. The predicted octanol–water partition coefficient (Wildman–Crippen LogP) is 5.44. The predicted molar refractivity (Wildman–Crippen MR) is 110 cm³/mol. The second-order valence-electron chi connectivity index (χ2n) is 5.86. The molecule has 0 radical (unpaired) electrons. The van der Waals surface area contributed by atoms with E-state index in [4.69, 9.17) is 14.5 Å². The van der Waals surface area contributed by atoms with Crippen molar-refractivity contribution in [2.75, 3.05) is 14.2 Å². The number of benzene rings is 2. The van der Waals surface area contributed by atoms with Gasteiger partial charge in [0.1, 0.15) is 16.5 Å². The quantitative estimate of drug-likeness (QED) is 0.539. The van der Waals surface area contributed by atoms with E-state index in [-0.39, 0.29) is 6.04 Å². The first kappa shape index (κ1) is 18.9. The maximum absolute atomic E-state index is 5.48. The third kappa shape index (κ3) is 4.44. The number of hydrogen-bond acceptors (Lipinski definition) is 5. The minimum atomic E-state index is 0.109. The summed E-state index contributed by atoms with van der Waals surface area (Å²) in [6.07, 6.45) is 0. The maximum atomic E-state index is 5.48. The van der Waals surface area contributed by atoms with Crippen LogP contribution in [-0.4, -0.2) is 19.2 Å². The number of nitrogens with one attached hydrogen (secondary N) is 1. The fourth-order valence-electron chi connectivity index (χ4n) is 2.66. The Bertz CT molecular complexity index is 865. The summed E-state index contributed by atoms with van der Waals surface area (Å²) in [5, 5.41) is 6.64. The minimum absolute atomic E-state index is 0.109. The topological polar surface area (TPSA) is 43.4 Å². The van der Waals surface area contributed by atoms with Gasteiger partial charge in [0.25, 0.3) is 0 Å². The number of aromatic nitrogens is 1. The van der Waals surface area contributed by atoms with E-state index < -0.39 is 0 Å². The molecule has 3 aromatic rings. The third-order valence-corrected chi connectivity index (χ3v) is 5.60. The van der Waals surface area contributed by atoms with Crippen LogP contribution in [0.5, 0.6) is 11.5 Å². The van der Waals surface area contributed by atoms with Gasteiger partial charge in [-0.05, 0) is 37.3 Å². The average molecular weight is 433 g/mol. The first-order chi connectivity index (χ1) is 12.6. The Morgan fingerprint density at radius 3 is 2.58 bits per heavy atom. The van der Waals surface area contributed by atoms with E-state index in [1.807, 2.05) is 30.3 Å². The van der Waals surface area contributed by atoms with Crippen LogP contribution in [0.25, 0.3) is 10.6 Å². The Labute approximate surface area is 166 Å². The van der Waals surface area contributed by atoms with Crippen molar-refractivity contribution >= 4 is 27.3 Å². The van der Waals surface area contributed by atoms with E-state index in [0.29, 0.717) is 6.54 Å². The fraction of sp³-hybridized carbons (Fsp3) is 0.250. The van der Waals surface area contributed by atoms with Crippen LogP contribution in [0.4, 0.5) is 0 Å². The summed E-state index contributed by atoms with van der Waals surface area (Å²) >= 11 is 5.12. The molecule has 1 heterocycles. The van der Waals surface area contributed by atoms with Crippen molar-refractivity contribution in [2.45, 2.75) is 19.5 Å². The zero-order valence-electron chi connectivity index (χ0n) is 15.0. The Balaban J connectivity index is 1.68. The van der Waals surface area contributed by atoms with Gasteiger partial charge in [0.15, 0.2) is 0 Å².